The van der Waals surface area contributed by atoms with E-state index < -0.39 is 0 Å². The van der Waals surface area contributed by atoms with Crippen LogP contribution in [0.5, 0.6) is 5.75 Å². The van der Waals surface area contributed by atoms with Crippen molar-refractivity contribution in [3.63, 3.8) is 0 Å². The third-order valence-corrected chi connectivity index (χ3v) is 4.38. The van der Waals surface area contributed by atoms with Gasteiger partial charge in [0.2, 0.25) is 0 Å². The number of benzene rings is 1. The van der Waals surface area contributed by atoms with E-state index in [4.69, 9.17) is 0 Å². The van der Waals surface area contributed by atoms with Crippen molar-refractivity contribution >= 4 is 5.78 Å². The number of carbonyl (C=O) groups excluding carboxylic acids is 1. The van der Waals surface area contributed by atoms with Crippen molar-refractivity contribution in [1.29, 1.82) is 0 Å². The normalized spacial score (nSPS) is 12.3. The Kier molecular flexibility index (Phi) is 4.77. The molecule has 2 rings (SSSR count). The van der Waals surface area contributed by atoms with Gasteiger partial charge in [-0.3, -0.25) is 4.79 Å². The molecule has 0 amide bonds. The van der Waals surface area contributed by atoms with Gasteiger partial charge in [-0.2, -0.15) is 10.2 Å². The van der Waals surface area contributed by atoms with Gasteiger partial charge in [0.05, 0.1) is 11.4 Å². The van der Waals surface area contributed by atoms with E-state index >= 15 is 0 Å². The molecular weight excluding hydrogens is 312 g/mol. The fraction of sp³-hybridized carbons (Fsp3) is 0.476. The number of aryl methyl sites for hydroxylation is 1. The van der Waals surface area contributed by atoms with Crippen molar-refractivity contribution in [2.75, 3.05) is 0 Å². The predicted octanol–water partition coefficient (Wildman–Crippen LogP) is 4.96. The lowest BCUT2D eigenvalue weighted by Crippen LogP contribution is -2.17. The number of hydrogen-bond donors (Lipinski definition) is 1. The van der Waals surface area contributed by atoms with E-state index in [2.05, 4.69) is 51.7 Å². The molecule has 0 atom stereocenters. The molecule has 2 aromatic rings. The Morgan fingerprint density at radius 2 is 1.40 bits per heavy atom. The highest BCUT2D eigenvalue weighted by molar-refractivity contribution is 5.95. The van der Waals surface area contributed by atoms with Gasteiger partial charge < -0.3 is 5.11 Å². The first-order valence-corrected chi connectivity index (χ1v) is 8.56. The van der Waals surface area contributed by atoms with Crippen molar-refractivity contribution in [1.82, 2.24) is 10.2 Å². The molecule has 134 valence electrons. The van der Waals surface area contributed by atoms with E-state index in [0.717, 1.165) is 16.7 Å². The largest absolute Gasteiger partial charge is 0.507 e. The number of Topliss-reactive ketones (excluding diaryl/α,β-unsaturated/α-hetero) is 1. The molecule has 1 N–H and O–H groups in total. The summed E-state index contributed by atoms with van der Waals surface area (Å²) in [6.07, 6.45) is 0. The average Bonchev–Trinajstić information content (AvgIpc) is 2.45. The van der Waals surface area contributed by atoms with Gasteiger partial charge in [0.25, 0.3) is 0 Å². The fourth-order valence-corrected chi connectivity index (χ4v) is 2.88. The fourth-order valence-electron chi connectivity index (χ4n) is 2.88. The van der Waals surface area contributed by atoms with Gasteiger partial charge in [-0.15, -0.1) is 0 Å². The maximum Gasteiger partial charge on any atom is 0.161 e. The summed E-state index contributed by atoms with van der Waals surface area (Å²) >= 11 is 0. The topological polar surface area (TPSA) is 63.1 Å². The van der Waals surface area contributed by atoms with Crippen LogP contribution in [0.2, 0.25) is 0 Å². The van der Waals surface area contributed by atoms with Gasteiger partial charge in [-0.25, -0.2) is 0 Å². The van der Waals surface area contributed by atoms with Crippen LogP contribution in [-0.4, -0.2) is 21.1 Å². The summed E-state index contributed by atoms with van der Waals surface area (Å²) in [5.74, 6) is 0.301. The third-order valence-electron chi connectivity index (χ3n) is 4.38. The maximum atomic E-state index is 11.8. The number of carbonyl (C=O) groups is 1. The Morgan fingerprint density at radius 3 is 1.80 bits per heavy atom. The molecule has 0 saturated heterocycles. The summed E-state index contributed by atoms with van der Waals surface area (Å²) in [5, 5.41) is 19.3. The van der Waals surface area contributed by atoms with Crippen LogP contribution < -0.4 is 0 Å². The van der Waals surface area contributed by atoms with Crippen LogP contribution in [0.15, 0.2) is 18.2 Å². The van der Waals surface area contributed by atoms with E-state index in [1.165, 1.54) is 6.92 Å². The summed E-state index contributed by atoms with van der Waals surface area (Å²) in [4.78, 5) is 11.8. The molecule has 0 radical (unpaired) electrons. The van der Waals surface area contributed by atoms with Crippen molar-refractivity contribution in [2.45, 2.75) is 66.2 Å². The molecule has 0 fully saturated rings. The Hall–Kier alpha value is -2.23. The quantitative estimate of drug-likeness (QED) is 0.785. The van der Waals surface area contributed by atoms with E-state index in [9.17, 15) is 9.90 Å². The number of ketones is 1. The molecule has 0 aliphatic heterocycles. The van der Waals surface area contributed by atoms with Crippen LogP contribution in [0.25, 0.3) is 11.3 Å². The van der Waals surface area contributed by atoms with Crippen molar-refractivity contribution in [2.24, 2.45) is 0 Å². The Labute approximate surface area is 150 Å². The summed E-state index contributed by atoms with van der Waals surface area (Å²) in [6, 6.07) is 5.69. The van der Waals surface area contributed by atoms with Gasteiger partial charge in [0.1, 0.15) is 5.75 Å². The van der Waals surface area contributed by atoms with Crippen molar-refractivity contribution in [3.05, 3.63) is 40.6 Å². The molecule has 0 unspecified atom stereocenters. The zero-order valence-electron chi connectivity index (χ0n) is 16.5. The molecule has 0 bridgehead atoms. The molecule has 4 heteroatoms. The van der Waals surface area contributed by atoms with Gasteiger partial charge >= 0.3 is 0 Å². The van der Waals surface area contributed by atoms with Crippen molar-refractivity contribution < 1.29 is 9.90 Å². The minimum Gasteiger partial charge on any atom is -0.507 e. The highest BCUT2D eigenvalue weighted by Gasteiger charge is 2.27. The molecule has 25 heavy (non-hydrogen) atoms. The zero-order valence-corrected chi connectivity index (χ0v) is 16.5. The molecule has 1 aromatic heterocycles. The Bertz CT molecular complexity index is 790. The number of aromatic nitrogens is 2. The molecule has 0 aliphatic carbocycles. The maximum absolute atomic E-state index is 11.8. The van der Waals surface area contributed by atoms with E-state index in [1.54, 1.807) is 13.0 Å². The molecule has 0 aliphatic rings. The lowest BCUT2D eigenvalue weighted by Gasteiger charge is -2.28. The number of phenols is 1. The van der Waals surface area contributed by atoms with Crippen molar-refractivity contribution in [3.8, 4) is 17.0 Å². The summed E-state index contributed by atoms with van der Waals surface area (Å²) in [6.45, 7) is 15.7. The van der Waals surface area contributed by atoms with E-state index in [1.807, 2.05) is 12.1 Å². The number of phenolic OH excluding ortho intramolecular Hbond substituents is 1. The second-order valence-electron chi connectivity index (χ2n) is 8.70. The summed E-state index contributed by atoms with van der Waals surface area (Å²) in [5.41, 5.74) is 4.00. The predicted molar refractivity (Wildman–Crippen MR) is 101 cm³/mol. The highest BCUT2D eigenvalue weighted by atomic mass is 16.3. The minimum atomic E-state index is -0.221. The summed E-state index contributed by atoms with van der Waals surface area (Å²) < 4.78 is 0. The first-order chi connectivity index (χ1) is 11.3. The number of aromatic hydroxyl groups is 1. The smallest absolute Gasteiger partial charge is 0.161 e. The Balaban J connectivity index is 2.79. The van der Waals surface area contributed by atoms with Crippen LogP contribution in [0, 0.1) is 6.92 Å². The number of hydrogen-bond acceptors (Lipinski definition) is 4. The van der Waals surface area contributed by atoms with Crippen LogP contribution in [0.1, 0.15) is 75.6 Å². The molecule has 4 nitrogen and oxygen atoms in total. The number of rotatable bonds is 2. The van der Waals surface area contributed by atoms with Gasteiger partial charge in [0, 0.05) is 22.3 Å². The monoisotopic (exact) mass is 340 g/mol. The zero-order chi connectivity index (χ0) is 19.2. The number of nitrogens with zero attached hydrogens (tertiary/aromatic N) is 2. The lowest BCUT2D eigenvalue weighted by atomic mass is 9.78. The molecular formula is C21H28N2O2. The Morgan fingerprint density at radius 1 is 0.920 bits per heavy atom. The van der Waals surface area contributed by atoms with Crippen LogP contribution in [0.3, 0.4) is 0 Å². The second kappa shape index (κ2) is 6.25. The molecule has 1 heterocycles. The molecule has 0 spiro atoms. The van der Waals surface area contributed by atoms with Crippen LogP contribution in [0.4, 0.5) is 0 Å². The first kappa shape index (κ1) is 19.1. The minimum absolute atomic E-state index is 0.0282. The second-order valence-corrected chi connectivity index (χ2v) is 8.70. The standard InChI is InChI=1S/C21H28N2O2/c1-12-15(13(2)24)11-18(23-22-12)14-9-16(20(3,4)5)19(25)17(10-14)21(6,7)8/h9-11,25H,1-8H3. The molecule has 1 aromatic carbocycles. The van der Waals surface area contributed by atoms with Gasteiger partial charge in [0.15, 0.2) is 5.78 Å². The van der Waals surface area contributed by atoms with Gasteiger partial charge in [-0.1, -0.05) is 41.5 Å². The van der Waals surface area contributed by atoms with E-state index in [-0.39, 0.29) is 16.6 Å². The SMILES string of the molecule is CC(=O)c1cc(-c2cc(C(C)(C)C)c(O)c(C(C)(C)C)c2)nnc1C. The lowest BCUT2D eigenvalue weighted by molar-refractivity contribution is 0.101. The summed E-state index contributed by atoms with van der Waals surface area (Å²) in [7, 11) is 0. The first-order valence-electron chi connectivity index (χ1n) is 8.56. The van der Waals surface area contributed by atoms with E-state index in [0.29, 0.717) is 22.7 Å². The third kappa shape index (κ3) is 3.89. The average molecular weight is 340 g/mol. The van der Waals surface area contributed by atoms with Gasteiger partial charge in [-0.05, 0) is 42.9 Å². The van der Waals surface area contributed by atoms with Crippen LogP contribution >= 0.6 is 0 Å². The highest BCUT2D eigenvalue weighted by Crippen LogP contribution is 2.41. The van der Waals surface area contributed by atoms with Crippen LogP contribution in [-0.2, 0) is 10.8 Å². The molecule has 0 saturated carbocycles.